The molecule has 3 N–H and O–H groups in total. The Balaban J connectivity index is 1.90. The molecule has 3 rings (SSSR count). The van der Waals surface area contributed by atoms with Gasteiger partial charge in [0.1, 0.15) is 6.07 Å². The molecular weight excluding hydrogens is 476 g/mol. The van der Waals surface area contributed by atoms with E-state index in [0.717, 1.165) is 48.0 Å². The molecule has 0 saturated heterocycles. The van der Waals surface area contributed by atoms with Crippen LogP contribution in [0.5, 0.6) is 0 Å². The zero-order valence-electron chi connectivity index (χ0n) is 21.0. The number of aliphatic hydroxyl groups is 2. The number of aliphatic hydroxyl groups excluding tert-OH is 2. The molecule has 3 aromatic rings. The van der Waals surface area contributed by atoms with Crippen molar-refractivity contribution in [2.24, 2.45) is 7.05 Å². The van der Waals surface area contributed by atoms with Crippen molar-refractivity contribution in [3.8, 4) is 17.3 Å². The lowest BCUT2D eigenvalue weighted by Gasteiger charge is -2.24. The molecule has 0 radical (unpaired) electrons. The lowest BCUT2D eigenvalue weighted by molar-refractivity contribution is 0.0989. The van der Waals surface area contributed by atoms with Gasteiger partial charge in [0.25, 0.3) is 10.0 Å². The summed E-state index contributed by atoms with van der Waals surface area (Å²) in [5, 5.41) is 30.0. The molecule has 1 unspecified atom stereocenters. The van der Waals surface area contributed by atoms with Gasteiger partial charge in [0.2, 0.25) is 0 Å². The van der Waals surface area contributed by atoms with Crippen molar-refractivity contribution < 1.29 is 18.6 Å². The van der Waals surface area contributed by atoms with Crippen molar-refractivity contribution >= 4 is 32.6 Å². The summed E-state index contributed by atoms with van der Waals surface area (Å²) in [7, 11) is -2.32. The molecule has 0 fully saturated rings. The molecule has 192 valence electrons. The Bertz CT molecular complexity index is 1370. The number of fused-ring (bicyclic) bond motifs is 1. The number of hydrogen-bond donors (Lipinski definition) is 3. The van der Waals surface area contributed by atoms with Crippen LogP contribution in [0, 0.1) is 11.3 Å². The highest BCUT2D eigenvalue weighted by Crippen LogP contribution is 2.29. The van der Waals surface area contributed by atoms with Crippen molar-refractivity contribution in [2.75, 3.05) is 31.1 Å². The number of nitrogens with zero attached hydrogens (tertiary/aromatic N) is 3. The van der Waals surface area contributed by atoms with Crippen molar-refractivity contribution in [1.82, 2.24) is 9.29 Å². The highest BCUT2D eigenvalue weighted by Gasteiger charge is 2.20. The first-order chi connectivity index (χ1) is 17.2. The maximum absolute atomic E-state index is 12.5. The van der Waals surface area contributed by atoms with Crippen molar-refractivity contribution in [2.45, 2.75) is 32.8 Å². The van der Waals surface area contributed by atoms with Crippen molar-refractivity contribution in [3.05, 3.63) is 59.1 Å². The molecule has 0 bridgehead atoms. The number of nitriles is 1. The van der Waals surface area contributed by atoms with E-state index in [-0.39, 0.29) is 6.54 Å². The van der Waals surface area contributed by atoms with Gasteiger partial charge in [0.05, 0.1) is 12.7 Å². The lowest BCUT2D eigenvalue weighted by atomic mass is 10.0. The van der Waals surface area contributed by atoms with Crippen LogP contribution >= 0.6 is 0 Å². The smallest absolute Gasteiger partial charge is 0.250 e. The Kier molecular flexibility index (Phi) is 9.29. The number of nitrogens with one attached hydrogen (secondary N) is 1. The minimum absolute atomic E-state index is 0.385. The maximum Gasteiger partial charge on any atom is 0.250 e. The van der Waals surface area contributed by atoms with E-state index in [1.165, 1.54) is 11.8 Å². The Morgan fingerprint density at radius 2 is 1.78 bits per heavy atom. The number of rotatable bonds is 12. The van der Waals surface area contributed by atoms with E-state index in [1.807, 2.05) is 23.7 Å². The average molecular weight is 511 g/mol. The Labute approximate surface area is 213 Å². The van der Waals surface area contributed by atoms with Crippen molar-refractivity contribution in [1.29, 1.82) is 5.26 Å². The second kappa shape index (κ2) is 12.2. The highest BCUT2D eigenvalue weighted by atomic mass is 32.2. The van der Waals surface area contributed by atoms with E-state index in [1.54, 1.807) is 12.1 Å². The highest BCUT2D eigenvalue weighted by molar-refractivity contribution is 7.93. The van der Waals surface area contributed by atoms with Gasteiger partial charge < -0.3 is 19.7 Å². The first kappa shape index (κ1) is 27.4. The molecule has 0 spiro atoms. The zero-order chi connectivity index (χ0) is 26.3. The van der Waals surface area contributed by atoms with Crippen LogP contribution < -0.4 is 9.62 Å². The van der Waals surface area contributed by atoms with Crippen LogP contribution in [0.1, 0.15) is 32.4 Å². The predicted octanol–water partition coefficient (Wildman–Crippen LogP) is 3.61. The van der Waals surface area contributed by atoms with Gasteiger partial charge in [-0.25, -0.2) is 13.1 Å². The molecule has 0 saturated carbocycles. The van der Waals surface area contributed by atoms with E-state index in [9.17, 15) is 18.8 Å². The number of sulfonamides is 1. The number of aromatic nitrogens is 1. The van der Waals surface area contributed by atoms with Crippen LogP contribution in [0.2, 0.25) is 0 Å². The van der Waals surface area contributed by atoms with Crippen molar-refractivity contribution in [3.63, 3.8) is 0 Å². The molecule has 0 amide bonds. The van der Waals surface area contributed by atoms with Gasteiger partial charge in [-0.3, -0.25) is 0 Å². The maximum atomic E-state index is 12.5. The first-order valence-corrected chi connectivity index (χ1v) is 13.6. The molecule has 8 nitrogen and oxygen atoms in total. The van der Waals surface area contributed by atoms with Gasteiger partial charge >= 0.3 is 0 Å². The zero-order valence-corrected chi connectivity index (χ0v) is 21.8. The Morgan fingerprint density at radius 1 is 1.11 bits per heavy atom. The fraction of sp³-hybridized carbons (Fsp3) is 0.370. The third-order valence-corrected chi connectivity index (χ3v) is 7.37. The number of anilines is 1. The third-order valence-electron chi connectivity index (χ3n) is 6.03. The van der Waals surface area contributed by atoms with E-state index in [0.29, 0.717) is 5.69 Å². The van der Waals surface area contributed by atoms with E-state index < -0.39 is 27.6 Å². The molecule has 1 aromatic heterocycles. The number of hydrogen-bond acceptors (Lipinski definition) is 6. The minimum Gasteiger partial charge on any atom is -0.394 e. The average Bonchev–Trinajstić information content (AvgIpc) is 3.24. The van der Waals surface area contributed by atoms with Gasteiger partial charge in [-0.1, -0.05) is 32.0 Å². The minimum atomic E-state index is -4.13. The molecule has 1 heterocycles. The standard InChI is InChI=1S/C27H34N4O4S/c1-4-12-31(13-5-2)24-9-8-20-14-22(7-6-21(20)15-24)27-11-10-23(30(27)3)16-26(17-28)36(34,35)29-18-25(33)19-32/h6-11,14-16,25,29,32-33H,4-5,12-13,18-19H2,1-3H3/b26-16+. The molecule has 0 aliphatic heterocycles. The molecule has 0 aliphatic rings. The van der Waals surface area contributed by atoms with Crippen LogP contribution in [0.4, 0.5) is 5.69 Å². The first-order valence-electron chi connectivity index (χ1n) is 12.1. The quantitative estimate of drug-likeness (QED) is 0.320. The van der Waals surface area contributed by atoms with Crippen LogP contribution in [-0.4, -0.2) is 55.5 Å². The summed E-state index contributed by atoms with van der Waals surface area (Å²) < 4.78 is 28.9. The van der Waals surface area contributed by atoms with Gasteiger partial charge in [0.15, 0.2) is 4.91 Å². The third kappa shape index (κ3) is 6.33. The molecule has 9 heteroatoms. The van der Waals surface area contributed by atoms with Crippen LogP contribution in [0.25, 0.3) is 28.1 Å². The topological polar surface area (TPSA) is 119 Å². The van der Waals surface area contributed by atoms with E-state index in [2.05, 4.69) is 53.8 Å². The molecule has 2 aromatic carbocycles. The summed E-state index contributed by atoms with van der Waals surface area (Å²) in [6, 6.07) is 18.1. The van der Waals surface area contributed by atoms with Crippen LogP contribution in [-0.2, 0) is 17.1 Å². The fourth-order valence-electron chi connectivity index (χ4n) is 4.11. The molecule has 36 heavy (non-hydrogen) atoms. The van der Waals surface area contributed by atoms with Crippen LogP contribution in [0.3, 0.4) is 0 Å². The second-order valence-corrected chi connectivity index (χ2v) is 10.5. The largest absolute Gasteiger partial charge is 0.394 e. The summed E-state index contributed by atoms with van der Waals surface area (Å²) in [5.41, 5.74) is 3.61. The number of allylic oxidation sites excluding steroid dienone is 1. The van der Waals surface area contributed by atoms with Gasteiger partial charge in [-0.2, -0.15) is 5.26 Å². The summed E-state index contributed by atoms with van der Waals surface area (Å²) in [4.78, 5) is 1.93. The Morgan fingerprint density at radius 3 is 2.42 bits per heavy atom. The lowest BCUT2D eigenvalue weighted by Crippen LogP contribution is -2.34. The van der Waals surface area contributed by atoms with Gasteiger partial charge in [-0.15, -0.1) is 0 Å². The molecule has 0 aliphatic carbocycles. The normalized spacial score (nSPS) is 13.1. The SMILES string of the molecule is CCCN(CCC)c1ccc2cc(-c3ccc(/C=C(\C#N)S(=O)(=O)NCC(O)CO)n3C)ccc2c1. The van der Waals surface area contributed by atoms with E-state index >= 15 is 0 Å². The summed E-state index contributed by atoms with van der Waals surface area (Å²) >= 11 is 0. The predicted molar refractivity (Wildman–Crippen MR) is 145 cm³/mol. The summed E-state index contributed by atoms with van der Waals surface area (Å²) in [6.45, 7) is 5.45. The molecular formula is C27H34N4O4S. The molecule has 1 atom stereocenters. The second-order valence-electron chi connectivity index (χ2n) is 8.74. The number of benzene rings is 2. The van der Waals surface area contributed by atoms with Crippen LogP contribution in [0.15, 0.2) is 53.4 Å². The van der Waals surface area contributed by atoms with Gasteiger partial charge in [0, 0.05) is 43.8 Å². The summed E-state index contributed by atoms with van der Waals surface area (Å²) in [5.74, 6) is 0. The van der Waals surface area contributed by atoms with E-state index in [4.69, 9.17) is 5.11 Å². The van der Waals surface area contributed by atoms with Gasteiger partial charge in [-0.05, 0) is 65.6 Å². The monoisotopic (exact) mass is 510 g/mol. The fourth-order valence-corrected chi connectivity index (χ4v) is 5.08. The summed E-state index contributed by atoms with van der Waals surface area (Å²) in [6.07, 6.45) is 2.24. The Hall–Kier alpha value is -3.16.